The molecule has 0 saturated heterocycles. The Bertz CT molecular complexity index is 296. The van der Waals surface area contributed by atoms with E-state index in [-0.39, 0.29) is 6.42 Å². The molecule has 0 aliphatic carbocycles. The van der Waals surface area contributed by atoms with Crippen molar-refractivity contribution in [3.8, 4) is 0 Å². The van der Waals surface area contributed by atoms with Gasteiger partial charge in [-0.1, -0.05) is 11.8 Å². The summed E-state index contributed by atoms with van der Waals surface area (Å²) in [6.45, 7) is 1.81. The molecule has 0 amide bonds. The fourth-order valence-electron chi connectivity index (χ4n) is 0.784. The molecule has 0 saturated carbocycles. The largest absolute Gasteiger partial charge is 0.550 e. The first-order valence-corrected chi connectivity index (χ1v) is 5.37. The molecule has 1 heterocycles. The fourth-order valence-corrected chi connectivity index (χ4v) is 2.42. The summed E-state index contributed by atoms with van der Waals surface area (Å²) in [7, 11) is 0. The highest BCUT2D eigenvalue weighted by Crippen LogP contribution is 2.25. The zero-order valence-corrected chi connectivity index (χ0v) is 8.42. The lowest BCUT2D eigenvalue weighted by molar-refractivity contribution is -0.304. The van der Waals surface area contributed by atoms with Crippen LogP contribution in [0.25, 0.3) is 0 Å². The predicted octanol–water partition coefficient (Wildman–Crippen LogP) is 0.466. The first kappa shape index (κ1) is 9.54. The van der Waals surface area contributed by atoms with Gasteiger partial charge in [0.15, 0.2) is 0 Å². The molecule has 0 aliphatic heterocycles. The number of carbonyl (C=O) groups is 1. The van der Waals surface area contributed by atoms with E-state index in [4.69, 9.17) is 0 Å². The van der Waals surface area contributed by atoms with Crippen molar-refractivity contribution < 1.29 is 9.90 Å². The third-order valence-corrected chi connectivity index (χ3v) is 3.50. The van der Waals surface area contributed by atoms with Crippen LogP contribution in [0.1, 0.15) is 10.6 Å². The molecule has 0 radical (unpaired) electrons. The molecule has 0 unspecified atom stereocenters. The van der Waals surface area contributed by atoms with Crippen molar-refractivity contribution in [2.45, 2.75) is 17.7 Å². The van der Waals surface area contributed by atoms with Crippen molar-refractivity contribution >= 4 is 29.1 Å². The van der Waals surface area contributed by atoms with Crippen molar-refractivity contribution in [1.29, 1.82) is 0 Å². The van der Waals surface area contributed by atoms with E-state index in [0.29, 0.717) is 0 Å². The molecule has 1 aromatic rings. The molecule has 0 spiro atoms. The van der Waals surface area contributed by atoms with Crippen LogP contribution in [0.4, 0.5) is 0 Å². The first-order chi connectivity index (χ1) is 5.63. The molecule has 1 rings (SSSR count). The van der Waals surface area contributed by atoms with Crippen LogP contribution in [-0.4, -0.2) is 17.2 Å². The fraction of sp³-hybridized carbons (Fsp3) is 0.429. The number of aliphatic carboxylic acids is 1. The van der Waals surface area contributed by atoms with Crippen LogP contribution in [0.15, 0.2) is 4.34 Å². The number of hydrogen-bond donors (Lipinski definition) is 0. The topological polar surface area (TPSA) is 53.0 Å². The van der Waals surface area contributed by atoms with Crippen molar-refractivity contribution in [3.05, 3.63) is 10.6 Å². The van der Waals surface area contributed by atoms with Gasteiger partial charge in [0, 0.05) is 17.3 Å². The van der Waals surface area contributed by atoms with E-state index >= 15 is 0 Å². The Morgan fingerprint density at radius 2 is 2.42 bits per heavy atom. The lowest BCUT2D eigenvalue weighted by Crippen LogP contribution is -2.24. The quantitative estimate of drug-likeness (QED) is 0.668. The van der Waals surface area contributed by atoms with E-state index in [1.807, 2.05) is 13.2 Å². The van der Waals surface area contributed by atoms with Gasteiger partial charge in [0.1, 0.15) is 4.34 Å². The lowest BCUT2D eigenvalue weighted by atomic mass is 10.3. The maximum Gasteiger partial charge on any atom is 0.150 e. The zero-order chi connectivity index (χ0) is 9.14. The van der Waals surface area contributed by atoms with Gasteiger partial charge in [0.25, 0.3) is 0 Å². The molecular weight excluding hydrogens is 194 g/mol. The molecule has 0 atom stereocenters. The number of thiazole rings is 1. The minimum absolute atomic E-state index is 0.0237. The lowest BCUT2D eigenvalue weighted by Gasteiger charge is -1.97. The molecule has 0 aliphatic rings. The molecule has 3 nitrogen and oxygen atoms in total. The maximum absolute atomic E-state index is 10.3. The zero-order valence-electron chi connectivity index (χ0n) is 6.79. The van der Waals surface area contributed by atoms with Gasteiger partial charge in [-0.05, 0) is 13.2 Å². The van der Waals surface area contributed by atoms with Gasteiger partial charge in [-0.25, -0.2) is 4.98 Å². The average molecular weight is 202 g/mol. The molecule has 0 fully saturated rings. The van der Waals surface area contributed by atoms with Crippen molar-refractivity contribution in [2.24, 2.45) is 0 Å². The standard InChI is InChI=1S/C7H9NO2S2/c1-4-5(3-6(9)10)12-7(8-4)11-2/h3H2,1-2H3,(H,9,10)/p-1. The Morgan fingerprint density at radius 3 is 2.83 bits per heavy atom. The number of carboxylic acid groups (broad SMARTS) is 1. The molecule has 5 heteroatoms. The Kier molecular flexibility index (Phi) is 3.11. The minimum Gasteiger partial charge on any atom is -0.550 e. The van der Waals surface area contributed by atoms with Crippen LogP contribution in [0.5, 0.6) is 0 Å². The van der Waals surface area contributed by atoms with Gasteiger partial charge >= 0.3 is 0 Å². The Hall–Kier alpha value is -0.550. The molecule has 12 heavy (non-hydrogen) atoms. The predicted molar refractivity (Wildman–Crippen MR) is 47.3 cm³/mol. The summed E-state index contributed by atoms with van der Waals surface area (Å²) in [4.78, 5) is 15.2. The van der Waals surface area contributed by atoms with E-state index in [1.54, 1.807) is 0 Å². The van der Waals surface area contributed by atoms with Crippen LogP contribution in [0.3, 0.4) is 0 Å². The molecular formula is C7H8NO2S2-. The SMILES string of the molecule is CSc1nc(C)c(CC(=O)[O-])s1. The molecule has 1 aromatic heterocycles. The molecule has 0 bridgehead atoms. The van der Waals surface area contributed by atoms with Gasteiger partial charge in [0.2, 0.25) is 0 Å². The number of thioether (sulfide) groups is 1. The van der Waals surface area contributed by atoms with Crippen LogP contribution in [0, 0.1) is 6.92 Å². The molecule has 66 valence electrons. The summed E-state index contributed by atoms with van der Waals surface area (Å²) in [6.07, 6.45) is 1.89. The maximum atomic E-state index is 10.3. The highest BCUT2D eigenvalue weighted by atomic mass is 32.2. The van der Waals surface area contributed by atoms with Crippen molar-refractivity contribution in [1.82, 2.24) is 4.98 Å². The van der Waals surface area contributed by atoms with Crippen LogP contribution in [-0.2, 0) is 11.2 Å². The van der Waals surface area contributed by atoms with E-state index in [1.165, 1.54) is 23.1 Å². The number of carbonyl (C=O) groups excluding carboxylic acids is 1. The van der Waals surface area contributed by atoms with Crippen LogP contribution >= 0.6 is 23.1 Å². The molecule has 0 aromatic carbocycles. The van der Waals surface area contributed by atoms with E-state index in [9.17, 15) is 9.90 Å². The second-order valence-electron chi connectivity index (χ2n) is 2.24. The third-order valence-electron chi connectivity index (χ3n) is 1.35. The number of nitrogens with zero attached hydrogens (tertiary/aromatic N) is 1. The summed E-state index contributed by atoms with van der Waals surface area (Å²) < 4.78 is 0.906. The second kappa shape index (κ2) is 3.91. The third kappa shape index (κ3) is 2.22. The van der Waals surface area contributed by atoms with Crippen LogP contribution in [0.2, 0.25) is 0 Å². The van der Waals surface area contributed by atoms with Crippen molar-refractivity contribution in [2.75, 3.05) is 6.26 Å². The number of carboxylic acids is 1. The monoisotopic (exact) mass is 202 g/mol. The Labute approximate surface area is 78.8 Å². The highest BCUT2D eigenvalue weighted by Gasteiger charge is 2.06. The number of hydrogen-bond acceptors (Lipinski definition) is 5. The van der Waals surface area contributed by atoms with Gasteiger partial charge < -0.3 is 9.90 Å². The van der Waals surface area contributed by atoms with E-state index in [0.717, 1.165) is 14.9 Å². The van der Waals surface area contributed by atoms with E-state index in [2.05, 4.69) is 4.98 Å². The first-order valence-electron chi connectivity index (χ1n) is 3.33. The Morgan fingerprint density at radius 1 is 1.75 bits per heavy atom. The summed E-state index contributed by atoms with van der Waals surface area (Å²) in [5.41, 5.74) is 0.800. The van der Waals surface area contributed by atoms with E-state index < -0.39 is 5.97 Å². The Balaban J connectivity index is 2.84. The highest BCUT2D eigenvalue weighted by molar-refractivity contribution is 8.00. The molecule has 0 N–H and O–H groups in total. The van der Waals surface area contributed by atoms with Crippen molar-refractivity contribution in [3.63, 3.8) is 0 Å². The number of aryl methyl sites for hydroxylation is 1. The number of rotatable bonds is 3. The summed E-state index contributed by atoms with van der Waals surface area (Å²) >= 11 is 2.94. The minimum atomic E-state index is -1.05. The second-order valence-corrected chi connectivity index (χ2v) is 4.38. The number of aromatic nitrogens is 1. The summed E-state index contributed by atoms with van der Waals surface area (Å²) in [5.74, 6) is -1.05. The average Bonchev–Trinajstić information content (AvgIpc) is 2.31. The van der Waals surface area contributed by atoms with Gasteiger partial charge in [-0.3, -0.25) is 0 Å². The normalized spacial score (nSPS) is 10.2. The van der Waals surface area contributed by atoms with Gasteiger partial charge in [-0.15, -0.1) is 11.3 Å². The smallest absolute Gasteiger partial charge is 0.150 e. The van der Waals surface area contributed by atoms with Gasteiger partial charge in [0.05, 0.1) is 5.69 Å². The summed E-state index contributed by atoms with van der Waals surface area (Å²) in [6, 6.07) is 0. The van der Waals surface area contributed by atoms with Gasteiger partial charge in [-0.2, -0.15) is 0 Å². The van der Waals surface area contributed by atoms with Crippen LogP contribution < -0.4 is 5.11 Å². The summed E-state index contributed by atoms with van der Waals surface area (Å²) in [5, 5.41) is 10.3.